The molecule has 0 radical (unpaired) electrons. The van der Waals surface area contributed by atoms with Crippen molar-refractivity contribution < 1.29 is 13.0 Å². The third-order valence-electron chi connectivity index (χ3n) is 2.50. The summed E-state index contributed by atoms with van der Waals surface area (Å²) in [7, 11) is -4.17. The lowest BCUT2D eigenvalue weighted by molar-refractivity contribution is 0.475. The van der Waals surface area contributed by atoms with Crippen LogP contribution < -0.4 is 0 Å². The van der Waals surface area contributed by atoms with E-state index in [-0.39, 0.29) is 0 Å². The molecule has 0 fully saturated rings. The van der Waals surface area contributed by atoms with Gasteiger partial charge in [-0.2, -0.15) is 8.42 Å². The Kier molecular flexibility index (Phi) is 3.26. The first kappa shape index (κ1) is 11.8. The van der Waals surface area contributed by atoms with Crippen molar-refractivity contribution in [1.82, 2.24) is 0 Å². The Balaban J connectivity index is 2.56. The summed E-state index contributed by atoms with van der Waals surface area (Å²) in [6.07, 6.45) is 0. The molecule has 3 nitrogen and oxygen atoms in total. The number of rotatable bonds is 3. The van der Waals surface area contributed by atoms with Crippen LogP contribution in [0, 0.1) is 0 Å². The predicted molar refractivity (Wildman–Crippen MR) is 66.3 cm³/mol. The van der Waals surface area contributed by atoms with Gasteiger partial charge in [-0.25, -0.2) is 0 Å². The first-order valence-corrected chi connectivity index (χ1v) is 6.65. The molecule has 2 aromatic carbocycles. The molecule has 0 atom stereocenters. The van der Waals surface area contributed by atoms with Crippen LogP contribution in [0.2, 0.25) is 0 Å². The first-order valence-electron chi connectivity index (χ1n) is 5.15. The maximum Gasteiger partial charge on any atom is 0.276 e. The van der Waals surface area contributed by atoms with Crippen molar-refractivity contribution in [2.45, 2.75) is 5.25 Å². The maximum absolute atomic E-state index is 11.5. The van der Waals surface area contributed by atoms with E-state index in [1.807, 2.05) is 0 Å². The second kappa shape index (κ2) is 4.69. The van der Waals surface area contributed by atoms with Gasteiger partial charge in [0.15, 0.2) is 0 Å². The van der Waals surface area contributed by atoms with Crippen molar-refractivity contribution in [3.63, 3.8) is 0 Å². The fourth-order valence-corrected chi connectivity index (χ4v) is 2.79. The minimum Gasteiger partial charge on any atom is -0.285 e. The van der Waals surface area contributed by atoms with Crippen LogP contribution in [-0.2, 0) is 10.1 Å². The lowest BCUT2D eigenvalue weighted by atomic mass is 10.0. The molecule has 0 aliphatic rings. The van der Waals surface area contributed by atoms with E-state index in [1.54, 1.807) is 60.7 Å². The van der Waals surface area contributed by atoms with E-state index >= 15 is 0 Å². The van der Waals surface area contributed by atoms with Crippen molar-refractivity contribution >= 4 is 10.1 Å². The van der Waals surface area contributed by atoms with Crippen LogP contribution in [0.3, 0.4) is 0 Å². The molecule has 0 bridgehead atoms. The SMILES string of the molecule is O=S(=O)(O)C(c1ccccc1)c1ccccc1. The number of hydrogen-bond donors (Lipinski definition) is 1. The Morgan fingerprint density at radius 3 is 1.41 bits per heavy atom. The minimum absolute atomic E-state index is 0.557. The Morgan fingerprint density at radius 2 is 1.12 bits per heavy atom. The van der Waals surface area contributed by atoms with Crippen LogP contribution in [0.15, 0.2) is 60.7 Å². The zero-order valence-electron chi connectivity index (χ0n) is 9.02. The lowest BCUT2D eigenvalue weighted by Crippen LogP contribution is -2.13. The molecule has 17 heavy (non-hydrogen) atoms. The van der Waals surface area contributed by atoms with Gasteiger partial charge in [-0.05, 0) is 11.1 Å². The molecular weight excluding hydrogens is 236 g/mol. The van der Waals surface area contributed by atoms with E-state index in [1.165, 1.54) is 0 Å². The molecule has 0 saturated heterocycles. The van der Waals surface area contributed by atoms with Gasteiger partial charge in [0.2, 0.25) is 0 Å². The zero-order chi connectivity index (χ0) is 12.3. The fraction of sp³-hybridized carbons (Fsp3) is 0.0769. The standard InChI is InChI=1S/C13H12O3S/c14-17(15,16)13(11-7-3-1-4-8-11)12-9-5-2-6-10-12/h1-10,13H,(H,14,15,16). The third kappa shape index (κ3) is 2.72. The molecule has 1 N–H and O–H groups in total. The van der Waals surface area contributed by atoms with Gasteiger partial charge in [0.25, 0.3) is 10.1 Å². The summed E-state index contributed by atoms with van der Waals surface area (Å²) in [6.45, 7) is 0. The summed E-state index contributed by atoms with van der Waals surface area (Å²) in [6, 6.07) is 17.3. The van der Waals surface area contributed by atoms with Crippen LogP contribution in [-0.4, -0.2) is 13.0 Å². The molecular formula is C13H12O3S. The Labute approximate surface area is 100 Å². The first-order chi connectivity index (χ1) is 8.09. The van der Waals surface area contributed by atoms with Crippen LogP contribution in [0.4, 0.5) is 0 Å². The van der Waals surface area contributed by atoms with Crippen molar-refractivity contribution in [1.29, 1.82) is 0 Å². The molecule has 4 heteroatoms. The zero-order valence-corrected chi connectivity index (χ0v) is 9.84. The van der Waals surface area contributed by atoms with Gasteiger partial charge in [-0.3, -0.25) is 4.55 Å². The lowest BCUT2D eigenvalue weighted by Gasteiger charge is -2.14. The molecule has 2 aromatic rings. The van der Waals surface area contributed by atoms with Crippen LogP contribution in [0.25, 0.3) is 0 Å². The summed E-state index contributed by atoms with van der Waals surface area (Å²) in [5.41, 5.74) is 1.11. The van der Waals surface area contributed by atoms with E-state index in [0.717, 1.165) is 0 Å². The van der Waals surface area contributed by atoms with Crippen molar-refractivity contribution in [2.75, 3.05) is 0 Å². The Morgan fingerprint density at radius 1 is 0.765 bits per heavy atom. The monoisotopic (exact) mass is 248 g/mol. The maximum atomic E-state index is 11.5. The van der Waals surface area contributed by atoms with Gasteiger partial charge in [-0.1, -0.05) is 60.7 Å². The number of benzene rings is 2. The average molecular weight is 248 g/mol. The normalized spacial score (nSPS) is 11.6. The summed E-state index contributed by atoms with van der Waals surface area (Å²) >= 11 is 0. The summed E-state index contributed by atoms with van der Waals surface area (Å²) in [5.74, 6) is 0. The fourth-order valence-electron chi connectivity index (χ4n) is 1.79. The molecule has 0 aromatic heterocycles. The van der Waals surface area contributed by atoms with Crippen LogP contribution >= 0.6 is 0 Å². The topological polar surface area (TPSA) is 54.4 Å². The van der Waals surface area contributed by atoms with E-state index < -0.39 is 15.4 Å². The highest BCUT2D eigenvalue weighted by atomic mass is 32.2. The highest BCUT2D eigenvalue weighted by molar-refractivity contribution is 7.86. The smallest absolute Gasteiger partial charge is 0.276 e. The summed E-state index contributed by atoms with van der Waals surface area (Å²) in [4.78, 5) is 0. The molecule has 0 saturated carbocycles. The van der Waals surface area contributed by atoms with Gasteiger partial charge in [-0.15, -0.1) is 0 Å². The van der Waals surface area contributed by atoms with Crippen molar-refractivity contribution in [3.8, 4) is 0 Å². The highest BCUT2D eigenvalue weighted by Gasteiger charge is 2.26. The molecule has 0 unspecified atom stereocenters. The molecule has 0 amide bonds. The van der Waals surface area contributed by atoms with E-state index in [2.05, 4.69) is 0 Å². The molecule has 0 spiro atoms. The number of hydrogen-bond acceptors (Lipinski definition) is 2. The summed E-state index contributed by atoms with van der Waals surface area (Å²) in [5, 5.41) is -1.02. The average Bonchev–Trinajstić information content (AvgIpc) is 2.30. The van der Waals surface area contributed by atoms with Gasteiger partial charge >= 0.3 is 0 Å². The van der Waals surface area contributed by atoms with Crippen LogP contribution in [0.5, 0.6) is 0 Å². The Hall–Kier alpha value is -1.65. The predicted octanol–water partition coefficient (Wildman–Crippen LogP) is 2.66. The van der Waals surface area contributed by atoms with E-state index in [4.69, 9.17) is 0 Å². The van der Waals surface area contributed by atoms with E-state index in [9.17, 15) is 13.0 Å². The second-order valence-electron chi connectivity index (χ2n) is 3.72. The van der Waals surface area contributed by atoms with E-state index in [0.29, 0.717) is 11.1 Å². The minimum atomic E-state index is -4.17. The quantitative estimate of drug-likeness (QED) is 0.850. The molecule has 88 valence electrons. The molecule has 0 heterocycles. The Bertz CT molecular complexity index is 537. The van der Waals surface area contributed by atoms with Crippen LogP contribution in [0.1, 0.15) is 16.4 Å². The largest absolute Gasteiger partial charge is 0.285 e. The van der Waals surface area contributed by atoms with Gasteiger partial charge in [0, 0.05) is 0 Å². The molecule has 0 aliphatic carbocycles. The summed E-state index contributed by atoms with van der Waals surface area (Å²) < 4.78 is 32.3. The third-order valence-corrected chi connectivity index (χ3v) is 3.64. The van der Waals surface area contributed by atoms with Gasteiger partial charge in [0.05, 0.1) is 0 Å². The van der Waals surface area contributed by atoms with Gasteiger partial charge in [0.1, 0.15) is 5.25 Å². The molecule has 2 rings (SSSR count). The van der Waals surface area contributed by atoms with Crippen molar-refractivity contribution in [3.05, 3.63) is 71.8 Å². The highest BCUT2D eigenvalue weighted by Crippen LogP contribution is 2.28. The van der Waals surface area contributed by atoms with Gasteiger partial charge < -0.3 is 0 Å². The van der Waals surface area contributed by atoms with Crippen molar-refractivity contribution in [2.24, 2.45) is 0 Å². The molecule has 0 aliphatic heterocycles. The second-order valence-corrected chi connectivity index (χ2v) is 5.22.